The van der Waals surface area contributed by atoms with E-state index < -0.39 is 0 Å². The van der Waals surface area contributed by atoms with Gasteiger partial charge in [-0.05, 0) is 25.5 Å². The number of para-hydroxylation sites is 1. The molecule has 1 saturated heterocycles. The Balaban J connectivity index is 1.47. The third-order valence-electron chi connectivity index (χ3n) is 5.48. The highest BCUT2D eigenvalue weighted by Crippen LogP contribution is 2.25. The third-order valence-corrected chi connectivity index (χ3v) is 5.48. The summed E-state index contributed by atoms with van der Waals surface area (Å²) in [4.78, 5) is 28.4. The van der Waals surface area contributed by atoms with E-state index in [0.29, 0.717) is 45.0 Å². The molecule has 158 valence electrons. The number of carbonyl (C=O) groups is 2. The largest absolute Gasteiger partial charge is 0.494 e. The summed E-state index contributed by atoms with van der Waals surface area (Å²) in [5.41, 5.74) is 2.28. The molecule has 0 unspecified atom stereocenters. The molecule has 0 aliphatic carbocycles. The summed E-state index contributed by atoms with van der Waals surface area (Å²) in [5.74, 6) is 1.69. The van der Waals surface area contributed by atoms with Crippen LogP contribution in [-0.4, -0.2) is 59.0 Å². The number of aromatic nitrogens is 1. The molecule has 3 aromatic rings. The summed E-state index contributed by atoms with van der Waals surface area (Å²) in [6.45, 7) is 6.92. The highest BCUT2D eigenvalue weighted by molar-refractivity contribution is 5.97. The standard InChI is InChI=1S/C23H27N3O4/c1-17-15-20-22(30-17)16-21(23(28)25-12-10-24(11-13-25)18(2)27)26(20)9-6-14-29-19-7-4-3-5-8-19/h3-5,7-8,15-16H,6,9-14H2,1-2H3. The Bertz CT molecular complexity index is 1030. The van der Waals surface area contributed by atoms with Gasteiger partial charge in [0.25, 0.3) is 5.91 Å². The summed E-state index contributed by atoms with van der Waals surface area (Å²) in [5, 5.41) is 0. The topological polar surface area (TPSA) is 67.9 Å². The molecule has 0 saturated carbocycles. The van der Waals surface area contributed by atoms with Gasteiger partial charge in [0.2, 0.25) is 5.91 Å². The van der Waals surface area contributed by atoms with Crippen LogP contribution in [0.4, 0.5) is 0 Å². The SMILES string of the molecule is CC(=O)N1CCN(C(=O)c2cc3oc(C)cc3n2CCCOc2ccccc2)CC1. The fourth-order valence-electron chi connectivity index (χ4n) is 3.90. The van der Waals surface area contributed by atoms with E-state index in [1.807, 2.05) is 58.9 Å². The van der Waals surface area contributed by atoms with E-state index in [1.54, 1.807) is 11.8 Å². The van der Waals surface area contributed by atoms with Crippen LogP contribution in [0.15, 0.2) is 46.9 Å². The number of hydrogen-bond acceptors (Lipinski definition) is 4. The van der Waals surface area contributed by atoms with Crippen molar-refractivity contribution < 1.29 is 18.7 Å². The van der Waals surface area contributed by atoms with Gasteiger partial charge in [0.1, 0.15) is 17.2 Å². The quantitative estimate of drug-likeness (QED) is 0.586. The van der Waals surface area contributed by atoms with E-state index in [0.717, 1.165) is 29.0 Å². The lowest BCUT2D eigenvalue weighted by molar-refractivity contribution is -0.130. The molecule has 3 heterocycles. The molecule has 0 bridgehead atoms. The maximum Gasteiger partial charge on any atom is 0.270 e. The molecule has 0 radical (unpaired) electrons. The van der Waals surface area contributed by atoms with Gasteiger partial charge in [-0.3, -0.25) is 9.59 Å². The number of ether oxygens (including phenoxy) is 1. The Kier molecular flexibility index (Phi) is 5.79. The number of amides is 2. The molecular weight excluding hydrogens is 382 g/mol. The van der Waals surface area contributed by atoms with Crippen LogP contribution in [0.5, 0.6) is 5.75 Å². The molecule has 1 aliphatic heterocycles. The zero-order valence-electron chi connectivity index (χ0n) is 17.5. The van der Waals surface area contributed by atoms with E-state index in [1.165, 1.54) is 0 Å². The van der Waals surface area contributed by atoms with E-state index in [9.17, 15) is 9.59 Å². The smallest absolute Gasteiger partial charge is 0.270 e. The van der Waals surface area contributed by atoms with Crippen molar-refractivity contribution in [2.24, 2.45) is 0 Å². The summed E-state index contributed by atoms with van der Waals surface area (Å²) in [6.07, 6.45) is 0.765. The number of rotatable bonds is 6. The van der Waals surface area contributed by atoms with Crippen molar-refractivity contribution in [3.8, 4) is 5.75 Å². The molecule has 2 amide bonds. The minimum Gasteiger partial charge on any atom is -0.494 e. The Hall–Kier alpha value is -3.22. The van der Waals surface area contributed by atoms with Crippen molar-refractivity contribution in [3.63, 3.8) is 0 Å². The number of furan rings is 1. The predicted molar refractivity (Wildman–Crippen MR) is 114 cm³/mol. The molecule has 1 aliphatic rings. The zero-order chi connectivity index (χ0) is 21.1. The molecular formula is C23H27N3O4. The maximum atomic E-state index is 13.2. The second-order valence-electron chi connectivity index (χ2n) is 7.60. The number of benzene rings is 1. The monoisotopic (exact) mass is 409 g/mol. The minimum atomic E-state index is -0.0220. The predicted octanol–water partition coefficient (Wildman–Crippen LogP) is 3.32. The van der Waals surface area contributed by atoms with Crippen LogP contribution in [-0.2, 0) is 11.3 Å². The van der Waals surface area contributed by atoms with E-state index in [2.05, 4.69) is 0 Å². The first-order valence-electron chi connectivity index (χ1n) is 10.4. The van der Waals surface area contributed by atoms with Crippen LogP contribution in [0, 0.1) is 6.92 Å². The van der Waals surface area contributed by atoms with Crippen molar-refractivity contribution in [3.05, 3.63) is 53.9 Å². The third kappa shape index (κ3) is 4.20. The number of piperazine rings is 1. The molecule has 7 nitrogen and oxygen atoms in total. The molecule has 2 aromatic heterocycles. The number of carbonyl (C=O) groups excluding carboxylic acids is 2. The van der Waals surface area contributed by atoms with Gasteiger partial charge in [-0.25, -0.2) is 0 Å². The summed E-state index contributed by atoms with van der Waals surface area (Å²) < 4.78 is 13.6. The average Bonchev–Trinajstić information content (AvgIpc) is 3.28. The first-order chi connectivity index (χ1) is 14.5. The molecule has 0 spiro atoms. The molecule has 7 heteroatoms. The molecule has 1 aromatic carbocycles. The highest BCUT2D eigenvalue weighted by Gasteiger charge is 2.27. The Morgan fingerprint density at radius 3 is 2.43 bits per heavy atom. The van der Waals surface area contributed by atoms with E-state index >= 15 is 0 Å². The second kappa shape index (κ2) is 8.65. The van der Waals surface area contributed by atoms with Crippen LogP contribution < -0.4 is 4.74 Å². The van der Waals surface area contributed by atoms with Gasteiger partial charge in [0, 0.05) is 51.8 Å². The van der Waals surface area contributed by atoms with Gasteiger partial charge in [-0.2, -0.15) is 0 Å². The normalized spacial score (nSPS) is 14.3. The second-order valence-corrected chi connectivity index (χ2v) is 7.60. The highest BCUT2D eigenvalue weighted by atomic mass is 16.5. The van der Waals surface area contributed by atoms with Gasteiger partial charge in [0.05, 0.1) is 12.1 Å². The molecule has 4 rings (SSSR count). The van der Waals surface area contributed by atoms with Crippen LogP contribution >= 0.6 is 0 Å². The van der Waals surface area contributed by atoms with Gasteiger partial charge in [-0.1, -0.05) is 18.2 Å². The fraction of sp³-hybridized carbons (Fsp3) is 0.391. The minimum absolute atomic E-state index is 0.0220. The first kappa shape index (κ1) is 20.1. The Morgan fingerprint density at radius 1 is 1.03 bits per heavy atom. The van der Waals surface area contributed by atoms with Crippen LogP contribution in [0.25, 0.3) is 11.1 Å². The summed E-state index contributed by atoms with van der Waals surface area (Å²) >= 11 is 0. The fourth-order valence-corrected chi connectivity index (χ4v) is 3.90. The van der Waals surface area contributed by atoms with Gasteiger partial charge in [-0.15, -0.1) is 0 Å². The number of fused-ring (bicyclic) bond motifs is 1. The van der Waals surface area contributed by atoms with E-state index in [-0.39, 0.29) is 11.8 Å². The number of hydrogen-bond donors (Lipinski definition) is 0. The molecule has 1 fully saturated rings. The first-order valence-corrected chi connectivity index (χ1v) is 10.4. The van der Waals surface area contributed by atoms with Crippen molar-refractivity contribution >= 4 is 22.9 Å². The van der Waals surface area contributed by atoms with Crippen molar-refractivity contribution in [1.29, 1.82) is 0 Å². The van der Waals surface area contributed by atoms with Crippen molar-refractivity contribution in [2.45, 2.75) is 26.8 Å². The van der Waals surface area contributed by atoms with Gasteiger partial charge < -0.3 is 23.5 Å². The number of nitrogens with zero attached hydrogens (tertiary/aromatic N) is 3. The van der Waals surface area contributed by atoms with E-state index in [4.69, 9.17) is 9.15 Å². The number of aryl methyl sites for hydroxylation is 2. The summed E-state index contributed by atoms with van der Waals surface area (Å²) in [6, 6.07) is 13.5. The Labute approximate surface area is 175 Å². The molecule has 0 atom stereocenters. The van der Waals surface area contributed by atoms with Crippen molar-refractivity contribution in [2.75, 3.05) is 32.8 Å². The van der Waals surface area contributed by atoms with Gasteiger partial charge >= 0.3 is 0 Å². The summed E-state index contributed by atoms with van der Waals surface area (Å²) in [7, 11) is 0. The lowest BCUT2D eigenvalue weighted by atomic mass is 10.2. The van der Waals surface area contributed by atoms with Crippen LogP contribution in [0.1, 0.15) is 29.6 Å². The van der Waals surface area contributed by atoms with Crippen LogP contribution in [0.3, 0.4) is 0 Å². The lowest BCUT2D eigenvalue weighted by Crippen LogP contribution is -2.50. The molecule has 0 N–H and O–H groups in total. The van der Waals surface area contributed by atoms with Crippen LogP contribution in [0.2, 0.25) is 0 Å². The van der Waals surface area contributed by atoms with Crippen molar-refractivity contribution in [1.82, 2.24) is 14.4 Å². The van der Waals surface area contributed by atoms with Gasteiger partial charge in [0.15, 0.2) is 5.58 Å². The average molecular weight is 409 g/mol. The lowest BCUT2D eigenvalue weighted by Gasteiger charge is -2.34. The molecule has 30 heavy (non-hydrogen) atoms. The zero-order valence-corrected chi connectivity index (χ0v) is 17.5. The maximum absolute atomic E-state index is 13.2. The Morgan fingerprint density at radius 2 is 1.73 bits per heavy atom.